The van der Waals surface area contributed by atoms with Gasteiger partial charge in [-0.25, -0.2) is 0 Å². The van der Waals surface area contributed by atoms with Crippen LogP contribution in [-0.4, -0.2) is 39.4 Å². The van der Waals surface area contributed by atoms with E-state index in [0.717, 1.165) is 16.7 Å². The minimum Gasteiger partial charge on any atom is -0.458 e. The second-order valence-electron chi connectivity index (χ2n) is 7.62. The van der Waals surface area contributed by atoms with Crippen LogP contribution in [-0.2, 0) is 9.53 Å². The van der Waals surface area contributed by atoms with Gasteiger partial charge in [0.2, 0.25) is 0 Å². The lowest BCUT2D eigenvalue weighted by molar-refractivity contribution is -0.384. The molecule has 1 heterocycles. The molecule has 0 spiro atoms. The highest BCUT2D eigenvalue weighted by Gasteiger charge is 2.40. The number of carbonyl (C=O) groups is 1. The number of esters is 1. The van der Waals surface area contributed by atoms with Crippen molar-refractivity contribution >= 4 is 17.2 Å². The molecule has 2 aliphatic rings. The van der Waals surface area contributed by atoms with Crippen molar-refractivity contribution < 1.29 is 24.7 Å². The first-order valence-corrected chi connectivity index (χ1v) is 8.90. The van der Waals surface area contributed by atoms with Crippen molar-refractivity contribution in [2.75, 3.05) is 0 Å². The van der Waals surface area contributed by atoms with Crippen LogP contribution in [0.15, 0.2) is 42.0 Å². The molecule has 1 aliphatic heterocycles. The van der Waals surface area contributed by atoms with Crippen LogP contribution in [0.25, 0.3) is 5.57 Å². The second kappa shape index (κ2) is 7.25. The third kappa shape index (κ3) is 3.94. The van der Waals surface area contributed by atoms with Crippen LogP contribution in [0.4, 0.5) is 5.69 Å². The van der Waals surface area contributed by atoms with Gasteiger partial charge in [0.05, 0.1) is 23.6 Å². The maximum Gasteiger partial charge on any atom is 0.309 e. The van der Waals surface area contributed by atoms with Gasteiger partial charge in [0.25, 0.3) is 5.69 Å². The number of hydrogen-bond acceptors (Lipinski definition) is 6. The molecule has 7 nitrogen and oxygen atoms in total. The zero-order valence-corrected chi connectivity index (χ0v) is 15.3. The molecule has 0 saturated carbocycles. The van der Waals surface area contributed by atoms with Gasteiger partial charge in [-0.1, -0.05) is 19.9 Å². The van der Waals surface area contributed by atoms with Gasteiger partial charge in [-0.2, -0.15) is 0 Å². The van der Waals surface area contributed by atoms with Crippen LogP contribution in [0.1, 0.15) is 38.7 Å². The number of carbonyl (C=O) groups excluding carboxylic acids is 1. The van der Waals surface area contributed by atoms with Gasteiger partial charge >= 0.3 is 5.97 Å². The Balaban J connectivity index is 1.93. The number of benzene rings is 1. The molecule has 1 aromatic rings. The summed E-state index contributed by atoms with van der Waals surface area (Å²) in [4.78, 5) is 21.9. The lowest BCUT2D eigenvalue weighted by atomic mass is 9.82. The van der Waals surface area contributed by atoms with Gasteiger partial charge in [-0.05, 0) is 34.9 Å². The number of cyclic esters (lactones) is 1. The van der Waals surface area contributed by atoms with Gasteiger partial charge in [0, 0.05) is 30.4 Å². The number of rotatable bonds is 4. The summed E-state index contributed by atoms with van der Waals surface area (Å²) in [5.74, 6) is -0.432. The molecule has 1 aromatic carbocycles. The topological polar surface area (TPSA) is 110 Å². The van der Waals surface area contributed by atoms with Crippen LogP contribution < -0.4 is 0 Å². The third-order valence-corrected chi connectivity index (χ3v) is 5.34. The fourth-order valence-corrected chi connectivity index (χ4v) is 3.63. The molecule has 0 amide bonds. The molecule has 144 valence electrons. The largest absolute Gasteiger partial charge is 0.458 e. The summed E-state index contributed by atoms with van der Waals surface area (Å²) in [6.07, 6.45) is 2.52. The molecule has 1 aliphatic carbocycles. The minimum atomic E-state index is -0.716. The quantitative estimate of drug-likeness (QED) is 0.477. The Morgan fingerprint density at radius 3 is 2.48 bits per heavy atom. The molecular formula is C20H23NO6. The van der Waals surface area contributed by atoms with Gasteiger partial charge < -0.3 is 14.9 Å². The average Bonchev–Trinajstić information content (AvgIpc) is 2.82. The highest BCUT2D eigenvalue weighted by Crippen LogP contribution is 2.47. The summed E-state index contributed by atoms with van der Waals surface area (Å²) in [5.41, 5.74) is 2.09. The van der Waals surface area contributed by atoms with Crippen LogP contribution >= 0.6 is 0 Å². The Morgan fingerprint density at radius 1 is 1.22 bits per heavy atom. The zero-order chi connectivity index (χ0) is 19.8. The average molecular weight is 373 g/mol. The molecule has 0 radical (unpaired) electrons. The van der Waals surface area contributed by atoms with E-state index in [4.69, 9.17) is 4.74 Å². The van der Waals surface area contributed by atoms with Crippen molar-refractivity contribution in [1.82, 2.24) is 0 Å². The van der Waals surface area contributed by atoms with Crippen molar-refractivity contribution in [3.05, 3.63) is 57.7 Å². The Labute approximate surface area is 157 Å². The standard InChI is InChI=1S/C20H23NO6/c1-20(2)17(8-7-15-9-14(22)10-19(24)27-15)16(11-18(20)23)12-3-5-13(6-4-12)21(25)26/h3-8,14-15,18,22-23H,9-11H2,1-2H3/b8-7+/t14-,15-,18?/m1/s1. The molecule has 2 N–H and O–H groups in total. The molecule has 7 heteroatoms. The summed E-state index contributed by atoms with van der Waals surface area (Å²) in [7, 11) is 0. The Morgan fingerprint density at radius 2 is 1.89 bits per heavy atom. The van der Waals surface area contributed by atoms with E-state index in [1.807, 2.05) is 19.9 Å². The summed E-state index contributed by atoms with van der Waals surface area (Å²) in [6, 6.07) is 6.25. The Bertz CT molecular complexity index is 808. The first kappa shape index (κ1) is 19.3. The van der Waals surface area contributed by atoms with E-state index in [9.17, 15) is 25.1 Å². The summed E-state index contributed by atoms with van der Waals surface area (Å²) in [5, 5.41) is 31.1. The zero-order valence-electron chi connectivity index (χ0n) is 15.3. The first-order chi connectivity index (χ1) is 12.7. The monoisotopic (exact) mass is 373 g/mol. The van der Waals surface area contributed by atoms with Crippen LogP contribution in [0.2, 0.25) is 0 Å². The third-order valence-electron chi connectivity index (χ3n) is 5.34. The second-order valence-corrected chi connectivity index (χ2v) is 7.62. The molecule has 1 saturated heterocycles. The van der Waals surface area contributed by atoms with E-state index in [1.165, 1.54) is 12.1 Å². The van der Waals surface area contributed by atoms with Crippen molar-refractivity contribution in [3.63, 3.8) is 0 Å². The fraction of sp³-hybridized carbons (Fsp3) is 0.450. The van der Waals surface area contributed by atoms with E-state index in [0.29, 0.717) is 12.8 Å². The van der Waals surface area contributed by atoms with Crippen LogP contribution in [0.3, 0.4) is 0 Å². The number of aliphatic hydroxyl groups excluding tert-OH is 2. The molecule has 0 aromatic heterocycles. The first-order valence-electron chi connectivity index (χ1n) is 8.90. The number of hydrogen-bond donors (Lipinski definition) is 2. The van der Waals surface area contributed by atoms with Crippen molar-refractivity contribution in [3.8, 4) is 0 Å². The molecule has 1 fully saturated rings. The van der Waals surface area contributed by atoms with Gasteiger partial charge in [-0.3, -0.25) is 14.9 Å². The Hall–Kier alpha value is -2.51. The van der Waals surface area contributed by atoms with Gasteiger partial charge in [0.15, 0.2) is 0 Å². The SMILES string of the molecule is CC1(C)C(/C=C/[C@@H]2C[C@@H](O)CC(=O)O2)=C(c2ccc([N+](=O)[O-])cc2)CC1O. The number of nitrogens with zero attached hydrogens (tertiary/aromatic N) is 1. The molecule has 3 rings (SSSR count). The van der Waals surface area contributed by atoms with E-state index in [2.05, 4.69) is 0 Å². The lowest BCUT2D eigenvalue weighted by Gasteiger charge is -2.27. The van der Waals surface area contributed by atoms with E-state index < -0.39 is 34.6 Å². The predicted octanol–water partition coefficient (Wildman–Crippen LogP) is 2.76. The molecular weight excluding hydrogens is 350 g/mol. The highest BCUT2D eigenvalue weighted by atomic mass is 16.6. The van der Waals surface area contributed by atoms with E-state index >= 15 is 0 Å². The maximum atomic E-state index is 11.5. The van der Waals surface area contributed by atoms with Crippen LogP contribution in [0, 0.1) is 15.5 Å². The molecule has 1 unspecified atom stereocenters. The van der Waals surface area contributed by atoms with E-state index in [-0.39, 0.29) is 12.1 Å². The summed E-state index contributed by atoms with van der Waals surface area (Å²) >= 11 is 0. The Kier molecular flexibility index (Phi) is 5.17. The minimum absolute atomic E-state index is 0.00525. The van der Waals surface area contributed by atoms with Crippen LogP contribution in [0.5, 0.6) is 0 Å². The number of ether oxygens (including phenoxy) is 1. The van der Waals surface area contributed by atoms with Crippen molar-refractivity contribution in [2.45, 2.75) is 51.4 Å². The number of nitro groups is 1. The number of nitro benzene ring substituents is 1. The molecule has 3 atom stereocenters. The summed E-state index contributed by atoms with van der Waals surface area (Å²) < 4.78 is 5.25. The highest BCUT2D eigenvalue weighted by molar-refractivity contribution is 5.76. The number of non-ortho nitro benzene ring substituents is 1. The van der Waals surface area contributed by atoms with Gasteiger partial charge in [-0.15, -0.1) is 0 Å². The smallest absolute Gasteiger partial charge is 0.309 e. The molecule has 27 heavy (non-hydrogen) atoms. The normalized spacial score (nSPS) is 27.9. The fourth-order valence-electron chi connectivity index (χ4n) is 3.63. The van der Waals surface area contributed by atoms with Gasteiger partial charge in [0.1, 0.15) is 6.10 Å². The maximum absolute atomic E-state index is 11.5. The predicted molar refractivity (Wildman–Crippen MR) is 98.7 cm³/mol. The number of aliphatic hydroxyl groups is 2. The summed E-state index contributed by atoms with van der Waals surface area (Å²) in [6.45, 7) is 3.86. The van der Waals surface area contributed by atoms with Crippen molar-refractivity contribution in [2.24, 2.45) is 5.41 Å². The lowest BCUT2D eigenvalue weighted by Crippen LogP contribution is -2.31. The number of allylic oxidation sites excluding steroid dienone is 1. The molecule has 0 bridgehead atoms. The van der Waals surface area contributed by atoms with E-state index in [1.54, 1.807) is 18.2 Å². The van der Waals surface area contributed by atoms with Crippen molar-refractivity contribution in [1.29, 1.82) is 0 Å².